The minimum Gasteiger partial charge on any atom is -0.487 e. The van der Waals surface area contributed by atoms with Gasteiger partial charge in [-0.25, -0.2) is 4.79 Å². The molecule has 0 fully saturated rings. The lowest BCUT2D eigenvalue weighted by Gasteiger charge is -2.19. The smallest absolute Gasteiger partial charge is 0.339 e. The van der Waals surface area contributed by atoms with E-state index in [2.05, 4.69) is 34.6 Å². The summed E-state index contributed by atoms with van der Waals surface area (Å²) in [6.45, 7) is 14.9. The van der Waals surface area contributed by atoms with Gasteiger partial charge in [-0.15, -0.1) is 0 Å². The third-order valence-electron chi connectivity index (χ3n) is 6.75. The second-order valence-corrected chi connectivity index (χ2v) is 8.88. The molecule has 0 saturated heterocycles. The molecule has 5 nitrogen and oxygen atoms in total. The predicted octanol–water partition coefficient (Wildman–Crippen LogP) is 6.37. The molecule has 0 aliphatic rings. The van der Waals surface area contributed by atoms with Gasteiger partial charge in [-0.2, -0.15) is 0 Å². The number of carbonyl (C=O) groups excluding carboxylic acids is 1. The number of hydrogen-bond donors (Lipinski definition) is 0. The zero-order chi connectivity index (χ0) is 24.4. The summed E-state index contributed by atoms with van der Waals surface area (Å²) in [6.07, 6.45) is 0.372. The van der Waals surface area contributed by atoms with Crippen molar-refractivity contribution in [3.8, 4) is 5.75 Å². The van der Waals surface area contributed by atoms with Crippen molar-refractivity contribution in [1.82, 2.24) is 0 Å². The van der Waals surface area contributed by atoms with Crippen molar-refractivity contribution >= 4 is 28.5 Å². The molecule has 0 aliphatic heterocycles. The first-order chi connectivity index (χ1) is 15.6. The molecule has 0 atom stereocenters. The molecule has 33 heavy (non-hydrogen) atoms. The van der Waals surface area contributed by atoms with Crippen LogP contribution in [0.1, 0.15) is 57.9 Å². The van der Waals surface area contributed by atoms with Gasteiger partial charge in [0, 0.05) is 23.4 Å². The number of benzene rings is 2. The first-order valence-electron chi connectivity index (χ1n) is 11.2. The summed E-state index contributed by atoms with van der Waals surface area (Å²) in [5.74, 6) is 0.117. The first kappa shape index (κ1) is 24.8. The SMILES string of the molecule is CCOC(=O)CCc1c(C)c2cc(Cl)c(OCc3c(C)c(C)c(C)c(C)c3C)cc2oc1=O. The molecule has 1 aromatic heterocycles. The number of rotatable bonds is 7. The molecular weight excluding hydrogens is 440 g/mol. The highest BCUT2D eigenvalue weighted by molar-refractivity contribution is 6.32. The summed E-state index contributed by atoms with van der Waals surface area (Å²) in [5, 5.41) is 1.16. The molecule has 6 heteroatoms. The fraction of sp³-hybridized carbons (Fsp3) is 0.407. The standard InChI is InChI=1S/C27H31ClO5/c1-8-31-26(29)10-9-20-19(7)21-11-23(28)25(12-24(21)33-27(20)30)32-13-22-17(5)15(3)14(2)16(4)18(22)6/h11-12H,8-10,13H2,1-7H3. The summed E-state index contributed by atoms with van der Waals surface area (Å²) in [4.78, 5) is 24.3. The van der Waals surface area contributed by atoms with Gasteiger partial charge in [-0.05, 0) is 99.9 Å². The Hall–Kier alpha value is -2.79. The van der Waals surface area contributed by atoms with Crippen LogP contribution in [0.15, 0.2) is 21.3 Å². The van der Waals surface area contributed by atoms with E-state index in [-0.39, 0.29) is 18.8 Å². The fourth-order valence-electron chi connectivity index (χ4n) is 4.19. The number of hydrogen-bond acceptors (Lipinski definition) is 5. The molecule has 0 unspecified atom stereocenters. The minimum absolute atomic E-state index is 0.119. The number of halogens is 1. The number of ether oxygens (including phenoxy) is 2. The van der Waals surface area contributed by atoms with E-state index < -0.39 is 5.63 Å². The highest BCUT2D eigenvalue weighted by Crippen LogP contribution is 2.34. The van der Waals surface area contributed by atoms with Gasteiger partial charge in [0.1, 0.15) is 17.9 Å². The molecule has 0 bridgehead atoms. The van der Waals surface area contributed by atoms with E-state index >= 15 is 0 Å². The highest BCUT2D eigenvalue weighted by atomic mass is 35.5. The summed E-state index contributed by atoms with van der Waals surface area (Å²) >= 11 is 6.55. The molecule has 176 valence electrons. The van der Waals surface area contributed by atoms with Crippen molar-refractivity contribution < 1.29 is 18.7 Å². The Labute approximate surface area is 199 Å². The average molecular weight is 471 g/mol. The molecule has 0 radical (unpaired) electrons. The lowest BCUT2D eigenvalue weighted by molar-refractivity contribution is -0.143. The number of esters is 1. The quantitative estimate of drug-likeness (QED) is 0.296. The summed E-state index contributed by atoms with van der Waals surface area (Å²) in [6, 6.07) is 3.42. The van der Waals surface area contributed by atoms with Gasteiger partial charge in [0.25, 0.3) is 0 Å². The fourth-order valence-corrected chi connectivity index (χ4v) is 4.41. The Morgan fingerprint density at radius 2 is 1.52 bits per heavy atom. The van der Waals surface area contributed by atoms with E-state index in [1.807, 2.05) is 6.92 Å². The maximum absolute atomic E-state index is 12.6. The lowest BCUT2D eigenvalue weighted by Crippen LogP contribution is -2.14. The average Bonchev–Trinajstić information content (AvgIpc) is 2.77. The topological polar surface area (TPSA) is 65.7 Å². The molecule has 0 spiro atoms. The van der Waals surface area contributed by atoms with Gasteiger partial charge in [0.2, 0.25) is 0 Å². The van der Waals surface area contributed by atoms with Crippen LogP contribution in [0.4, 0.5) is 0 Å². The number of fused-ring (bicyclic) bond motifs is 1. The molecule has 0 amide bonds. The molecule has 0 N–H and O–H groups in total. The molecule has 3 rings (SSSR count). The summed E-state index contributed by atoms with van der Waals surface area (Å²) in [7, 11) is 0. The van der Waals surface area contributed by atoms with Crippen LogP contribution in [-0.4, -0.2) is 12.6 Å². The second kappa shape index (κ2) is 10.0. The van der Waals surface area contributed by atoms with E-state index in [4.69, 9.17) is 25.5 Å². The van der Waals surface area contributed by atoms with E-state index in [0.717, 1.165) is 16.5 Å². The van der Waals surface area contributed by atoms with Gasteiger partial charge >= 0.3 is 11.6 Å². The van der Waals surface area contributed by atoms with Crippen LogP contribution in [0, 0.1) is 41.5 Å². The first-order valence-corrected chi connectivity index (χ1v) is 11.5. The molecule has 3 aromatic rings. The molecule has 2 aromatic carbocycles. The maximum Gasteiger partial charge on any atom is 0.339 e. The Bertz CT molecular complexity index is 1260. The van der Waals surface area contributed by atoms with Crippen molar-refractivity contribution in [3.05, 3.63) is 72.1 Å². The zero-order valence-corrected chi connectivity index (χ0v) is 21.2. The second-order valence-electron chi connectivity index (χ2n) is 8.47. The van der Waals surface area contributed by atoms with Crippen LogP contribution in [0.2, 0.25) is 5.02 Å². The highest BCUT2D eigenvalue weighted by Gasteiger charge is 2.17. The summed E-state index contributed by atoms with van der Waals surface area (Å²) in [5.41, 5.74) is 8.52. The Morgan fingerprint density at radius 1 is 0.909 bits per heavy atom. The van der Waals surface area contributed by atoms with Gasteiger partial charge in [-0.3, -0.25) is 4.79 Å². The van der Waals surface area contributed by atoms with E-state index in [9.17, 15) is 9.59 Å². The van der Waals surface area contributed by atoms with Crippen molar-refractivity contribution in [1.29, 1.82) is 0 Å². The van der Waals surface area contributed by atoms with E-state index in [0.29, 0.717) is 35.1 Å². The molecule has 0 aliphatic carbocycles. The Morgan fingerprint density at radius 3 is 2.12 bits per heavy atom. The molecular formula is C27H31ClO5. The van der Waals surface area contributed by atoms with Gasteiger partial charge in [0.15, 0.2) is 0 Å². The monoisotopic (exact) mass is 470 g/mol. The Kier molecular flexibility index (Phi) is 7.53. The number of aryl methyl sites for hydroxylation is 1. The molecule has 1 heterocycles. The predicted molar refractivity (Wildman–Crippen MR) is 132 cm³/mol. The minimum atomic E-state index is -0.464. The summed E-state index contributed by atoms with van der Waals surface area (Å²) < 4.78 is 16.6. The Balaban J connectivity index is 1.93. The zero-order valence-electron chi connectivity index (χ0n) is 20.4. The van der Waals surface area contributed by atoms with Crippen molar-refractivity contribution in [2.45, 2.75) is 67.9 Å². The largest absolute Gasteiger partial charge is 0.487 e. The van der Waals surface area contributed by atoms with Crippen molar-refractivity contribution in [3.63, 3.8) is 0 Å². The van der Waals surface area contributed by atoms with Gasteiger partial charge in [0.05, 0.1) is 11.6 Å². The third kappa shape index (κ3) is 4.93. The van der Waals surface area contributed by atoms with Gasteiger partial charge < -0.3 is 13.9 Å². The van der Waals surface area contributed by atoms with Crippen LogP contribution < -0.4 is 10.4 Å². The van der Waals surface area contributed by atoms with Crippen LogP contribution in [0.5, 0.6) is 5.75 Å². The van der Waals surface area contributed by atoms with Crippen LogP contribution in [0.25, 0.3) is 11.0 Å². The maximum atomic E-state index is 12.6. The van der Waals surface area contributed by atoms with Crippen molar-refractivity contribution in [2.75, 3.05) is 6.61 Å². The third-order valence-corrected chi connectivity index (χ3v) is 7.05. The molecule has 0 saturated carbocycles. The van der Waals surface area contributed by atoms with E-state index in [1.165, 1.54) is 27.8 Å². The van der Waals surface area contributed by atoms with Crippen molar-refractivity contribution in [2.24, 2.45) is 0 Å². The number of carbonyl (C=O) groups is 1. The van der Waals surface area contributed by atoms with Gasteiger partial charge in [-0.1, -0.05) is 11.6 Å². The van der Waals surface area contributed by atoms with Crippen LogP contribution in [-0.2, 0) is 22.6 Å². The van der Waals surface area contributed by atoms with E-state index in [1.54, 1.807) is 19.1 Å². The van der Waals surface area contributed by atoms with Crippen LogP contribution in [0.3, 0.4) is 0 Å². The van der Waals surface area contributed by atoms with Crippen LogP contribution >= 0.6 is 11.6 Å². The normalized spacial score (nSPS) is 11.2. The lowest BCUT2D eigenvalue weighted by atomic mass is 9.90.